The van der Waals surface area contributed by atoms with Crippen LogP contribution in [0.15, 0.2) is 36.7 Å². The number of aryl methyl sites for hydroxylation is 1. The SMILES string of the molecule is Cn1ccnc1[C@H]1CCCN(Cc2ccc(OC(F)F)cc2)C1. The van der Waals surface area contributed by atoms with Crippen LogP contribution < -0.4 is 4.74 Å². The zero-order valence-corrected chi connectivity index (χ0v) is 13.2. The number of aromatic nitrogens is 2. The first-order chi connectivity index (χ1) is 11.1. The Balaban J connectivity index is 1.60. The Morgan fingerprint density at radius 3 is 2.74 bits per heavy atom. The number of likely N-dealkylation sites (tertiary alicyclic amines) is 1. The van der Waals surface area contributed by atoms with Gasteiger partial charge >= 0.3 is 6.61 Å². The summed E-state index contributed by atoms with van der Waals surface area (Å²) < 4.78 is 30.8. The van der Waals surface area contributed by atoms with Crippen LogP contribution in [0.3, 0.4) is 0 Å². The highest BCUT2D eigenvalue weighted by Gasteiger charge is 2.24. The van der Waals surface area contributed by atoms with Crippen LogP contribution in [-0.2, 0) is 13.6 Å². The van der Waals surface area contributed by atoms with Crippen molar-refractivity contribution in [1.82, 2.24) is 14.5 Å². The quantitative estimate of drug-likeness (QED) is 0.845. The summed E-state index contributed by atoms with van der Waals surface area (Å²) in [6.45, 7) is 0.0631. The van der Waals surface area contributed by atoms with Crippen molar-refractivity contribution in [2.45, 2.75) is 31.9 Å². The maximum absolute atomic E-state index is 12.2. The molecule has 4 nitrogen and oxygen atoms in total. The van der Waals surface area contributed by atoms with Crippen molar-refractivity contribution in [3.63, 3.8) is 0 Å². The zero-order chi connectivity index (χ0) is 16.2. The fourth-order valence-corrected chi connectivity index (χ4v) is 3.21. The summed E-state index contributed by atoms with van der Waals surface area (Å²) >= 11 is 0. The third kappa shape index (κ3) is 4.07. The summed E-state index contributed by atoms with van der Waals surface area (Å²) in [5.41, 5.74) is 1.10. The Kier molecular flexibility index (Phi) is 4.91. The number of hydrogen-bond donors (Lipinski definition) is 0. The molecule has 1 aromatic carbocycles. The van der Waals surface area contributed by atoms with Crippen molar-refractivity contribution >= 4 is 0 Å². The molecule has 0 bridgehead atoms. The molecule has 1 atom stereocenters. The van der Waals surface area contributed by atoms with Crippen LogP contribution in [0.1, 0.15) is 30.1 Å². The Hall–Kier alpha value is -1.95. The van der Waals surface area contributed by atoms with E-state index < -0.39 is 6.61 Å². The second-order valence-corrected chi connectivity index (χ2v) is 5.99. The minimum atomic E-state index is -2.78. The van der Waals surface area contributed by atoms with Crippen LogP contribution in [0.25, 0.3) is 0 Å². The molecule has 124 valence electrons. The number of rotatable bonds is 5. The highest BCUT2D eigenvalue weighted by Crippen LogP contribution is 2.26. The van der Waals surface area contributed by atoms with Crippen molar-refractivity contribution in [3.8, 4) is 5.75 Å². The number of alkyl halides is 2. The molecule has 0 N–H and O–H groups in total. The molecule has 0 unspecified atom stereocenters. The van der Waals surface area contributed by atoms with Gasteiger partial charge in [0.1, 0.15) is 11.6 Å². The van der Waals surface area contributed by atoms with Gasteiger partial charge in [0.2, 0.25) is 0 Å². The van der Waals surface area contributed by atoms with Crippen LogP contribution in [0.5, 0.6) is 5.75 Å². The predicted octanol–water partition coefficient (Wildman–Crippen LogP) is 3.40. The van der Waals surface area contributed by atoms with Gasteiger partial charge in [-0.05, 0) is 37.1 Å². The van der Waals surface area contributed by atoms with Gasteiger partial charge in [0.25, 0.3) is 0 Å². The average Bonchev–Trinajstić information content (AvgIpc) is 2.95. The average molecular weight is 321 g/mol. The lowest BCUT2D eigenvalue weighted by molar-refractivity contribution is -0.0498. The number of piperidine rings is 1. The molecular formula is C17H21F2N3O. The third-order valence-electron chi connectivity index (χ3n) is 4.28. The topological polar surface area (TPSA) is 30.3 Å². The molecule has 1 fully saturated rings. The standard InChI is InChI=1S/C17H21F2N3O/c1-21-10-8-20-16(21)14-3-2-9-22(12-14)11-13-4-6-15(7-5-13)23-17(18)19/h4-8,10,14,17H,2-3,9,11-12H2,1H3/t14-/m0/s1. The summed E-state index contributed by atoms with van der Waals surface area (Å²) in [5.74, 6) is 1.79. The van der Waals surface area contributed by atoms with Gasteiger partial charge in [0.05, 0.1) is 0 Å². The van der Waals surface area contributed by atoms with Crippen LogP contribution in [0, 0.1) is 0 Å². The Morgan fingerprint density at radius 2 is 2.09 bits per heavy atom. The zero-order valence-electron chi connectivity index (χ0n) is 13.2. The Labute approximate surface area is 134 Å². The summed E-state index contributed by atoms with van der Waals surface area (Å²) in [7, 11) is 2.03. The van der Waals surface area contributed by atoms with E-state index in [9.17, 15) is 8.78 Å². The number of halogens is 2. The van der Waals surface area contributed by atoms with Crippen LogP contribution in [0.4, 0.5) is 8.78 Å². The Morgan fingerprint density at radius 1 is 1.30 bits per heavy atom. The van der Waals surface area contributed by atoms with Gasteiger partial charge in [-0.1, -0.05) is 12.1 Å². The molecule has 0 spiro atoms. The molecule has 2 heterocycles. The molecule has 1 aliphatic rings. The van der Waals surface area contributed by atoms with E-state index in [1.54, 1.807) is 12.1 Å². The monoisotopic (exact) mass is 321 g/mol. The summed E-state index contributed by atoms with van der Waals surface area (Å²) in [6, 6.07) is 6.90. The molecular weight excluding hydrogens is 300 g/mol. The first kappa shape index (κ1) is 15.9. The molecule has 0 saturated carbocycles. The van der Waals surface area contributed by atoms with E-state index in [1.807, 2.05) is 31.6 Å². The maximum atomic E-state index is 12.2. The third-order valence-corrected chi connectivity index (χ3v) is 4.28. The first-order valence-electron chi connectivity index (χ1n) is 7.85. The van der Waals surface area contributed by atoms with E-state index in [0.29, 0.717) is 5.92 Å². The highest BCUT2D eigenvalue weighted by molar-refractivity contribution is 5.27. The van der Waals surface area contributed by atoms with Crippen LogP contribution in [-0.4, -0.2) is 34.2 Å². The molecule has 1 saturated heterocycles. The highest BCUT2D eigenvalue weighted by atomic mass is 19.3. The van der Waals surface area contributed by atoms with Gasteiger partial charge in [-0.2, -0.15) is 8.78 Å². The first-order valence-corrected chi connectivity index (χ1v) is 7.85. The van der Waals surface area contributed by atoms with Crippen molar-refractivity contribution in [2.75, 3.05) is 13.1 Å². The normalized spacial score (nSPS) is 19.2. The lowest BCUT2D eigenvalue weighted by Crippen LogP contribution is -2.34. The smallest absolute Gasteiger partial charge is 0.387 e. The van der Waals surface area contributed by atoms with Gasteiger partial charge in [-0.15, -0.1) is 0 Å². The molecule has 1 aromatic heterocycles. The molecule has 0 aliphatic carbocycles. The molecule has 2 aromatic rings. The van der Waals surface area contributed by atoms with Gasteiger partial charge in [-0.25, -0.2) is 4.98 Å². The molecule has 1 aliphatic heterocycles. The molecule has 6 heteroatoms. The van der Waals surface area contributed by atoms with Crippen LogP contribution in [0.2, 0.25) is 0 Å². The molecule has 0 amide bonds. The molecule has 23 heavy (non-hydrogen) atoms. The fraction of sp³-hybridized carbons (Fsp3) is 0.471. The summed E-state index contributed by atoms with van der Waals surface area (Å²) in [6.07, 6.45) is 6.12. The summed E-state index contributed by atoms with van der Waals surface area (Å²) in [5, 5.41) is 0. The number of imidazole rings is 1. The number of hydrogen-bond acceptors (Lipinski definition) is 3. The van der Waals surface area contributed by atoms with E-state index in [-0.39, 0.29) is 5.75 Å². The van der Waals surface area contributed by atoms with E-state index in [2.05, 4.69) is 19.2 Å². The van der Waals surface area contributed by atoms with Gasteiger partial charge in [0.15, 0.2) is 0 Å². The van der Waals surface area contributed by atoms with E-state index >= 15 is 0 Å². The molecule has 0 radical (unpaired) electrons. The van der Waals surface area contributed by atoms with Gasteiger partial charge < -0.3 is 9.30 Å². The second-order valence-electron chi connectivity index (χ2n) is 5.99. The number of nitrogens with zero attached hydrogens (tertiary/aromatic N) is 3. The van der Waals surface area contributed by atoms with E-state index in [1.165, 1.54) is 0 Å². The second kappa shape index (κ2) is 7.08. The lowest BCUT2D eigenvalue weighted by atomic mass is 9.96. The maximum Gasteiger partial charge on any atom is 0.387 e. The van der Waals surface area contributed by atoms with Crippen molar-refractivity contribution < 1.29 is 13.5 Å². The minimum absolute atomic E-state index is 0.202. The summed E-state index contributed by atoms with van der Waals surface area (Å²) in [4.78, 5) is 6.86. The molecule has 3 rings (SSSR count). The number of ether oxygens (including phenoxy) is 1. The van der Waals surface area contributed by atoms with Gasteiger partial charge in [-0.3, -0.25) is 4.90 Å². The number of benzene rings is 1. The Bertz CT molecular complexity index is 627. The van der Waals surface area contributed by atoms with Crippen LogP contribution >= 0.6 is 0 Å². The lowest BCUT2D eigenvalue weighted by Gasteiger charge is -2.32. The van der Waals surface area contributed by atoms with E-state index in [4.69, 9.17) is 0 Å². The predicted molar refractivity (Wildman–Crippen MR) is 83.5 cm³/mol. The van der Waals surface area contributed by atoms with Crippen molar-refractivity contribution in [1.29, 1.82) is 0 Å². The fourth-order valence-electron chi connectivity index (χ4n) is 3.21. The van der Waals surface area contributed by atoms with E-state index in [0.717, 1.165) is 43.9 Å². The minimum Gasteiger partial charge on any atom is -0.435 e. The van der Waals surface area contributed by atoms with Gasteiger partial charge in [0, 0.05) is 38.4 Å². The van der Waals surface area contributed by atoms with Crippen molar-refractivity contribution in [2.24, 2.45) is 7.05 Å². The van der Waals surface area contributed by atoms with Crippen molar-refractivity contribution in [3.05, 3.63) is 48.0 Å². The largest absolute Gasteiger partial charge is 0.435 e.